The molecule has 0 spiro atoms. The Kier molecular flexibility index (Phi) is 9.23. The highest BCUT2D eigenvalue weighted by Crippen LogP contribution is 2.21. The first-order valence-electron chi connectivity index (χ1n) is 7.46. The van der Waals surface area contributed by atoms with Crippen LogP contribution in [-0.4, -0.2) is 58.2 Å². The summed E-state index contributed by atoms with van der Waals surface area (Å²) in [6.45, 7) is 9.59. The van der Waals surface area contributed by atoms with Crippen molar-refractivity contribution in [1.29, 1.82) is 0 Å². The summed E-state index contributed by atoms with van der Waals surface area (Å²) in [5.41, 5.74) is 0.00622. The number of sulfone groups is 1. The SMILES string of the molecule is CCNC(=NCC(OC)C(C)(C)C)NC1CCS(=O)(=O)C1.I. The smallest absolute Gasteiger partial charge is 0.191 e. The van der Waals surface area contributed by atoms with Gasteiger partial charge in [0, 0.05) is 19.7 Å². The lowest BCUT2D eigenvalue weighted by molar-refractivity contribution is 0.0241. The highest BCUT2D eigenvalue weighted by molar-refractivity contribution is 14.0. The third-order valence-electron chi connectivity index (χ3n) is 3.58. The number of rotatable bonds is 5. The zero-order chi connectivity index (χ0) is 16.1. The third kappa shape index (κ3) is 7.45. The van der Waals surface area contributed by atoms with E-state index in [0.29, 0.717) is 18.9 Å². The maximum absolute atomic E-state index is 11.5. The predicted molar refractivity (Wildman–Crippen MR) is 102 cm³/mol. The molecular formula is C14H30IN3O3S. The summed E-state index contributed by atoms with van der Waals surface area (Å²) in [7, 11) is -1.20. The average molecular weight is 447 g/mol. The van der Waals surface area contributed by atoms with E-state index in [2.05, 4.69) is 36.4 Å². The van der Waals surface area contributed by atoms with Gasteiger partial charge in [0.05, 0.1) is 24.2 Å². The molecule has 22 heavy (non-hydrogen) atoms. The van der Waals surface area contributed by atoms with Gasteiger partial charge in [-0.05, 0) is 18.8 Å². The molecule has 2 unspecified atom stereocenters. The Morgan fingerprint density at radius 3 is 2.45 bits per heavy atom. The monoisotopic (exact) mass is 447 g/mol. The van der Waals surface area contributed by atoms with Gasteiger partial charge in [0.25, 0.3) is 0 Å². The van der Waals surface area contributed by atoms with Crippen LogP contribution in [0.3, 0.4) is 0 Å². The van der Waals surface area contributed by atoms with Gasteiger partial charge >= 0.3 is 0 Å². The molecule has 1 saturated heterocycles. The van der Waals surface area contributed by atoms with Crippen LogP contribution >= 0.6 is 24.0 Å². The number of methoxy groups -OCH3 is 1. The highest BCUT2D eigenvalue weighted by atomic mass is 127. The van der Waals surface area contributed by atoms with Crippen LogP contribution in [0.4, 0.5) is 0 Å². The molecule has 8 heteroatoms. The summed E-state index contributed by atoms with van der Waals surface area (Å²) in [4.78, 5) is 4.54. The minimum absolute atomic E-state index is 0. The molecule has 0 amide bonds. The molecule has 2 N–H and O–H groups in total. The molecule has 0 saturated carbocycles. The average Bonchev–Trinajstić information content (AvgIpc) is 2.68. The summed E-state index contributed by atoms with van der Waals surface area (Å²) in [5.74, 6) is 1.10. The quantitative estimate of drug-likeness (QED) is 0.379. The van der Waals surface area contributed by atoms with E-state index in [1.165, 1.54) is 0 Å². The second-order valence-corrected chi connectivity index (χ2v) is 8.78. The first-order chi connectivity index (χ1) is 9.68. The number of ether oxygens (including phenoxy) is 1. The molecule has 1 aliphatic heterocycles. The topological polar surface area (TPSA) is 79.8 Å². The molecule has 1 heterocycles. The van der Waals surface area contributed by atoms with E-state index in [1.807, 2.05) is 6.92 Å². The fraction of sp³-hybridized carbons (Fsp3) is 0.929. The molecule has 0 bridgehead atoms. The van der Waals surface area contributed by atoms with Gasteiger partial charge in [-0.25, -0.2) is 8.42 Å². The largest absolute Gasteiger partial charge is 0.379 e. The molecule has 1 fully saturated rings. The van der Waals surface area contributed by atoms with Crippen molar-refractivity contribution in [3.05, 3.63) is 0 Å². The summed E-state index contributed by atoms with van der Waals surface area (Å²) < 4.78 is 28.5. The Morgan fingerprint density at radius 1 is 1.41 bits per heavy atom. The highest BCUT2D eigenvalue weighted by Gasteiger charge is 2.29. The zero-order valence-corrected chi connectivity index (χ0v) is 17.3. The second kappa shape index (κ2) is 9.27. The van der Waals surface area contributed by atoms with Crippen LogP contribution in [0.25, 0.3) is 0 Å². The van der Waals surface area contributed by atoms with Gasteiger partial charge in [-0.15, -0.1) is 24.0 Å². The van der Waals surface area contributed by atoms with Crippen molar-refractivity contribution in [1.82, 2.24) is 10.6 Å². The van der Waals surface area contributed by atoms with E-state index in [-0.39, 0.29) is 53.0 Å². The van der Waals surface area contributed by atoms with Crippen molar-refractivity contribution < 1.29 is 13.2 Å². The van der Waals surface area contributed by atoms with Crippen LogP contribution < -0.4 is 10.6 Å². The van der Waals surface area contributed by atoms with Crippen molar-refractivity contribution >= 4 is 39.8 Å². The number of hydrogen-bond donors (Lipinski definition) is 2. The first kappa shape index (κ1) is 21.9. The molecule has 0 aliphatic carbocycles. The zero-order valence-electron chi connectivity index (χ0n) is 14.2. The molecule has 0 aromatic carbocycles. The van der Waals surface area contributed by atoms with Gasteiger partial charge < -0.3 is 15.4 Å². The number of hydrogen-bond acceptors (Lipinski definition) is 4. The lowest BCUT2D eigenvalue weighted by Crippen LogP contribution is -2.44. The van der Waals surface area contributed by atoms with Crippen molar-refractivity contribution in [2.75, 3.05) is 31.7 Å². The van der Waals surface area contributed by atoms with Gasteiger partial charge in [0.15, 0.2) is 15.8 Å². The molecular weight excluding hydrogens is 417 g/mol. The van der Waals surface area contributed by atoms with Crippen LogP contribution in [0.2, 0.25) is 0 Å². The minimum Gasteiger partial charge on any atom is -0.379 e. The van der Waals surface area contributed by atoms with Gasteiger partial charge in [-0.2, -0.15) is 0 Å². The Balaban J connectivity index is 0.00000441. The van der Waals surface area contributed by atoms with Gasteiger partial charge in [-0.1, -0.05) is 20.8 Å². The van der Waals surface area contributed by atoms with E-state index >= 15 is 0 Å². The minimum atomic E-state index is -2.89. The second-order valence-electron chi connectivity index (χ2n) is 6.55. The molecule has 0 aromatic rings. The lowest BCUT2D eigenvalue weighted by atomic mass is 9.89. The summed E-state index contributed by atoms with van der Waals surface area (Å²) in [5, 5.41) is 6.36. The summed E-state index contributed by atoms with van der Waals surface area (Å²) >= 11 is 0. The maximum atomic E-state index is 11.5. The van der Waals surface area contributed by atoms with E-state index in [1.54, 1.807) is 7.11 Å². The molecule has 1 aliphatic rings. The maximum Gasteiger partial charge on any atom is 0.191 e. The predicted octanol–water partition coefficient (Wildman–Crippen LogP) is 1.41. The van der Waals surface area contributed by atoms with E-state index < -0.39 is 9.84 Å². The van der Waals surface area contributed by atoms with Gasteiger partial charge in [-0.3, -0.25) is 4.99 Å². The van der Waals surface area contributed by atoms with Gasteiger partial charge in [0.1, 0.15) is 0 Å². The third-order valence-corrected chi connectivity index (χ3v) is 5.35. The first-order valence-corrected chi connectivity index (χ1v) is 9.28. The number of aliphatic imine (C=N–C) groups is 1. The Hall–Kier alpha value is -0.0900. The Labute approximate surface area is 151 Å². The van der Waals surface area contributed by atoms with Crippen LogP contribution in [0.1, 0.15) is 34.1 Å². The van der Waals surface area contributed by atoms with Crippen LogP contribution in [0.15, 0.2) is 4.99 Å². The Bertz CT molecular complexity index is 460. The van der Waals surface area contributed by atoms with Crippen LogP contribution in [0, 0.1) is 5.41 Å². The normalized spacial score (nSPS) is 22.8. The Morgan fingerprint density at radius 2 is 2.05 bits per heavy atom. The van der Waals surface area contributed by atoms with Gasteiger partial charge in [0.2, 0.25) is 0 Å². The standard InChI is InChI=1S/C14H29N3O3S.HI/c1-6-15-13(16-9-12(20-5)14(2,3)4)17-11-7-8-21(18,19)10-11;/h11-12H,6-10H2,1-5H3,(H2,15,16,17);1H. The lowest BCUT2D eigenvalue weighted by Gasteiger charge is -2.28. The molecule has 2 atom stereocenters. The summed E-state index contributed by atoms with van der Waals surface area (Å²) in [6.07, 6.45) is 0.653. The fourth-order valence-electron chi connectivity index (χ4n) is 2.30. The molecule has 0 aromatic heterocycles. The number of nitrogens with zero attached hydrogens (tertiary/aromatic N) is 1. The van der Waals surface area contributed by atoms with Crippen LogP contribution in [-0.2, 0) is 14.6 Å². The molecule has 6 nitrogen and oxygen atoms in total. The van der Waals surface area contributed by atoms with Crippen molar-refractivity contribution in [3.8, 4) is 0 Å². The molecule has 1 rings (SSSR count). The van der Waals surface area contributed by atoms with Crippen molar-refractivity contribution in [2.24, 2.45) is 10.4 Å². The van der Waals surface area contributed by atoms with E-state index in [0.717, 1.165) is 6.54 Å². The molecule has 132 valence electrons. The summed E-state index contributed by atoms with van der Waals surface area (Å²) in [6, 6.07) is -0.0524. The molecule has 0 radical (unpaired) electrons. The fourth-order valence-corrected chi connectivity index (χ4v) is 3.97. The van der Waals surface area contributed by atoms with E-state index in [9.17, 15) is 8.42 Å². The van der Waals surface area contributed by atoms with Crippen molar-refractivity contribution in [3.63, 3.8) is 0 Å². The van der Waals surface area contributed by atoms with E-state index in [4.69, 9.17) is 4.74 Å². The number of nitrogens with one attached hydrogen (secondary N) is 2. The van der Waals surface area contributed by atoms with Crippen LogP contribution in [0.5, 0.6) is 0 Å². The number of halogens is 1. The van der Waals surface area contributed by atoms with Crippen molar-refractivity contribution in [2.45, 2.75) is 46.3 Å². The number of guanidine groups is 1.